The quantitative estimate of drug-likeness (QED) is 0.587. The van der Waals surface area contributed by atoms with Gasteiger partial charge in [-0.15, -0.1) is 0 Å². The van der Waals surface area contributed by atoms with Crippen molar-refractivity contribution in [3.05, 3.63) is 57.9 Å². The van der Waals surface area contributed by atoms with Crippen molar-refractivity contribution in [3.8, 4) is 5.75 Å². The summed E-state index contributed by atoms with van der Waals surface area (Å²) in [5.74, 6) is -0.715. The lowest BCUT2D eigenvalue weighted by atomic mass is 10.1. The zero-order valence-corrected chi connectivity index (χ0v) is 13.8. The molecule has 2 aromatic carbocycles. The Hall–Kier alpha value is -2.83. The molecule has 0 aliphatic heterocycles. The molecule has 0 heterocycles. The molecule has 0 aromatic heterocycles. The van der Waals surface area contributed by atoms with Crippen molar-refractivity contribution in [1.29, 1.82) is 0 Å². The molecule has 7 heteroatoms. The molecule has 0 aliphatic rings. The predicted octanol–water partition coefficient (Wildman–Crippen LogP) is 4.17. The minimum absolute atomic E-state index is 0.0825. The number of ether oxygens (including phenoxy) is 1. The van der Waals surface area contributed by atoms with E-state index in [0.29, 0.717) is 12.6 Å². The van der Waals surface area contributed by atoms with Crippen LogP contribution < -0.4 is 15.4 Å². The van der Waals surface area contributed by atoms with E-state index in [2.05, 4.69) is 10.6 Å². The fraction of sp³-hybridized carbons (Fsp3) is 0.294. The van der Waals surface area contributed by atoms with Gasteiger partial charge in [-0.1, -0.05) is 12.1 Å². The van der Waals surface area contributed by atoms with Crippen molar-refractivity contribution >= 4 is 17.1 Å². The number of nitro benzene ring substituents is 1. The van der Waals surface area contributed by atoms with Crippen molar-refractivity contribution in [2.75, 3.05) is 17.7 Å². The number of nitrogens with zero attached hydrogens (tertiary/aromatic N) is 1. The largest absolute Gasteiger partial charge is 0.497 e. The second kappa shape index (κ2) is 7.63. The third-order valence-electron chi connectivity index (χ3n) is 3.32. The van der Waals surface area contributed by atoms with Crippen LogP contribution in [0.2, 0.25) is 0 Å². The highest BCUT2D eigenvalue weighted by molar-refractivity contribution is 5.65. The van der Waals surface area contributed by atoms with Crippen LogP contribution >= 0.6 is 0 Å². The molecule has 0 saturated carbocycles. The van der Waals surface area contributed by atoms with Crippen molar-refractivity contribution in [3.63, 3.8) is 0 Å². The van der Waals surface area contributed by atoms with Gasteiger partial charge in [-0.05, 0) is 31.5 Å². The summed E-state index contributed by atoms with van der Waals surface area (Å²) in [6, 6.07) is 10.4. The maximum Gasteiger partial charge on any atom is 0.327 e. The van der Waals surface area contributed by atoms with E-state index in [1.54, 1.807) is 0 Å². The van der Waals surface area contributed by atoms with Crippen molar-refractivity contribution < 1.29 is 14.1 Å². The van der Waals surface area contributed by atoms with E-state index in [4.69, 9.17) is 4.74 Å². The SMILES string of the molecule is COc1cc(F)c([N+](=O)[O-])c(NCc2cccc(NC(C)C)c2)c1. The Morgan fingerprint density at radius 3 is 2.67 bits per heavy atom. The lowest BCUT2D eigenvalue weighted by Crippen LogP contribution is -2.10. The zero-order chi connectivity index (χ0) is 17.7. The molecule has 0 atom stereocenters. The minimum Gasteiger partial charge on any atom is -0.497 e. The van der Waals surface area contributed by atoms with Gasteiger partial charge in [0.2, 0.25) is 5.82 Å². The van der Waals surface area contributed by atoms with Crippen molar-refractivity contribution in [1.82, 2.24) is 0 Å². The van der Waals surface area contributed by atoms with Gasteiger partial charge in [0.1, 0.15) is 11.4 Å². The summed E-state index contributed by atoms with van der Waals surface area (Å²) in [5.41, 5.74) is 1.36. The molecule has 0 aliphatic carbocycles. The number of rotatable bonds is 7. The third-order valence-corrected chi connectivity index (χ3v) is 3.32. The monoisotopic (exact) mass is 333 g/mol. The molecule has 0 spiro atoms. The first-order chi connectivity index (χ1) is 11.4. The zero-order valence-electron chi connectivity index (χ0n) is 13.8. The summed E-state index contributed by atoms with van der Waals surface area (Å²) in [4.78, 5) is 10.4. The van der Waals surface area contributed by atoms with E-state index in [9.17, 15) is 14.5 Å². The molecule has 2 N–H and O–H groups in total. The van der Waals surface area contributed by atoms with Gasteiger partial charge in [0.25, 0.3) is 0 Å². The molecule has 128 valence electrons. The van der Waals surface area contributed by atoms with Crippen LogP contribution in [-0.4, -0.2) is 18.1 Å². The number of halogens is 1. The molecule has 0 radical (unpaired) electrons. The maximum atomic E-state index is 13.9. The lowest BCUT2D eigenvalue weighted by Gasteiger charge is -2.13. The average Bonchev–Trinajstić information content (AvgIpc) is 2.51. The fourth-order valence-electron chi connectivity index (χ4n) is 2.31. The van der Waals surface area contributed by atoms with E-state index in [0.717, 1.165) is 17.3 Å². The second-order valence-electron chi connectivity index (χ2n) is 5.62. The third kappa shape index (κ3) is 4.34. The number of methoxy groups -OCH3 is 1. The number of nitrogens with one attached hydrogen (secondary N) is 2. The average molecular weight is 333 g/mol. The van der Waals surface area contributed by atoms with Gasteiger partial charge in [-0.2, -0.15) is 4.39 Å². The van der Waals surface area contributed by atoms with Gasteiger partial charge in [-0.25, -0.2) is 0 Å². The lowest BCUT2D eigenvalue weighted by molar-refractivity contribution is -0.386. The molecule has 24 heavy (non-hydrogen) atoms. The van der Waals surface area contributed by atoms with Crippen LogP contribution in [0.15, 0.2) is 36.4 Å². The van der Waals surface area contributed by atoms with Crippen LogP contribution in [0, 0.1) is 15.9 Å². The topological polar surface area (TPSA) is 76.4 Å². The van der Waals surface area contributed by atoms with E-state index >= 15 is 0 Å². The Labute approximate surface area is 139 Å². The van der Waals surface area contributed by atoms with Gasteiger partial charge in [0, 0.05) is 30.4 Å². The van der Waals surface area contributed by atoms with Gasteiger partial charge >= 0.3 is 5.69 Å². The number of hydrogen-bond donors (Lipinski definition) is 2. The van der Waals surface area contributed by atoms with Crippen LogP contribution in [0.4, 0.5) is 21.5 Å². The Bertz CT molecular complexity index is 735. The highest BCUT2D eigenvalue weighted by Gasteiger charge is 2.22. The summed E-state index contributed by atoms with van der Waals surface area (Å²) < 4.78 is 18.9. The maximum absolute atomic E-state index is 13.9. The Balaban J connectivity index is 2.22. The van der Waals surface area contributed by atoms with E-state index in [1.165, 1.54) is 13.2 Å². The van der Waals surface area contributed by atoms with E-state index in [1.807, 2.05) is 38.1 Å². The first-order valence-corrected chi connectivity index (χ1v) is 7.52. The highest BCUT2D eigenvalue weighted by Crippen LogP contribution is 2.32. The normalized spacial score (nSPS) is 10.5. The highest BCUT2D eigenvalue weighted by atomic mass is 19.1. The van der Waals surface area contributed by atoms with Gasteiger partial charge in [0.15, 0.2) is 0 Å². The van der Waals surface area contributed by atoms with E-state index < -0.39 is 16.4 Å². The second-order valence-corrected chi connectivity index (χ2v) is 5.62. The van der Waals surface area contributed by atoms with Crippen molar-refractivity contribution in [2.45, 2.75) is 26.4 Å². The first-order valence-electron chi connectivity index (χ1n) is 7.52. The number of hydrogen-bond acceptors (Lipinski definition) is 5. The molecule has 0 fully saturated rings. The van der Waals surface area contributed by atoms with Crippen LogP contribution in [0.25, 0.3) is 0 Å². The molecule has 6 nitrogen and oxygen atoms in total. The smallest absolute Gasteiger partial charge is 0.327 e. The molecular weight excluding hydrogens is 313 g/mol. The Kier molecular flexibility index (Phi) is 5.57. The Morgan fingerprint density at radius 1 is 1.29 bits per heavy atom. The van der Waals surface area contributed by atoms with Crippen LogP contribution in [-0.2, 0) is 6.54 Å². The fourth-order valence-corrected chi connectivity index (χ4v) is 2.31. The van der Waals surface area contributed by atoms with Crippen molar-refractivity contribution in [2.24, 2.45) is 0 Å². The Morgan fingerprint density at radius 2 is 2.04 bits per heavy atom. The van der Waals surface area contributed by atoms with Crippen LogP contribution in [0.5, 0.6) is 5.75 Å². The standard InChI is InChI=1S/C17H20FN3O3/c1-11(2)20-13-6-4-5-12(7-13)10-19-16-9-14(24-3)8-15(18)17(16)21(22)23/h4-9,11,19-20H,10H2,1-3H3. The molecule has 2 aromatic rings. The number of benzene rings is 2. The van der Waals surface area contributed by atoms with Gasteiger partial charge in [0.05, 0.1) is 12.0 Å². The number of nitro groups is 1. The molecule has 0 unspecified atom stereocenters. The van der Waals surface area contributed by atoms with Gasteiger partial charge in [-0.3, -0.25) is 10.1 Å². The number of anilines is 2. The van der Waals surface area contributed by atoms with Crippen LogP contribution in [0.3, 0.4) is 0 Å². The van der Waals surface area contributed by atoms with Gasteiger partial charge < -0.3 is 15.4 Å². The van der Waals surface area contributed by atoms with Crippen LogP contribution in [0.1, 0.15) is 19.4 Å². The van der Waals surface area contributed by atoms with E-state index in [-0.39, 0.29) is 11.4 Å². The summed E-state index contributed by atoms with van der Waals surface area (Å²) >= 11 is 0. The molecule has 0 amide bonds. The summed E-state index contributed by atoms with van der Waals surface area (Å²) in [6.07, 6.45) is 0. The summed E-state index contributed by atoms with van der Waals surface area (Å²) in [5, 5.41) is 17.3. The predicted molar refractivity (Wildman–Crippen MR) is 92.1 cm³/mol. The first kappa shape index (κ1) is 17.5. The molecular formula is C17H20FN3O3. The summed E-state index contributed by atoms with van der Waals surface area (Å²) in [7, 11) is 1.38. The molecule has 0 bridgehead atoms. The molecule has 0 saturated heterocycles. The summed E-state index contributed by atoms with van der Waals surface area (Å²) in [6.45, 7) is 4.39. The molecule has 2 rings (SSSR count). The minimum atomic E-state index is -0.933.